The predicted octanol–water partition coefficient (Wildman–Crippen LogP) is 2.29. The number of rotatable bonds is 12. The van der Waals surface area contributed by atoms with Crippen LogP contribution in [0.15, 0.2) is 53.6 Å². The molecule has 0 saturated heterocycles. The summed E-state index contributed by atoms with van der Waals surface area (Å²) in [6.07, 6.45) is 2.45. The molecule has 0 fully saturated rings. The summed E-state index contributed by atoms with van der Waals surface area (Å²) < 4.78 is 36.6. The van der Waals surface area contributed by atoms with E-state index in [0.717, 1.165) is 10.6 Å². The summed E-state index contributed by atoms with van der Waals surface area (Å²) in [5.74, 6) is 0.298. The van der Waals surface area contributed by atoms with E-state index in [0.29, 0.717) is 29.4 Å². The van der Waals surface area contributed by atoms with Crippen LogP contribution >= 0.6 is 0 Å². The van der Waals surface area contributed by atoms with Gasteiger partial charge in [-0.1, -0.05) is 0 Å². The molecule has 190 valence electrons. The zero-order valence-electron chi connectivity index (χ0n) is 20.5. The normalized spacial score (nSPS) is 12.3. The summed E-state index contributed by atoms with van der Waals surface area (Å²) in [4.78, 5) is 24.3. The Bertz CT molecular complexity index is 1120. The fraction of sp³-hybridized carbons (Fsp3) is 0.375. The van der Waals surface area contributed by atoms with Crippen LogP contribution in [0.5, 0.6) is 11.5 Å². The van der Waals surface area contributed by atoms with Crippen molar-refractivity contribution in [3.05, 3.63) is 54.1 Å². The maximum atomic E-state index is 12.6. The van der Waals surface area contributed by atoms with Crippen LogP contribution in [0.25, 0.3) is 0 Å². The molecule has 0 aromatic heterocycles. The first-order valence-electron chi connectivity index (χ1n) is 11.1. The van der Waals surface area contributed by atoms with Gasteiger partial charge in [0, 0.05) is 6.04 Å². The molecule has 2 N–H and O–H groups in total. The lowest BCUT2D eigenvalue weighted by molar-refractivity contribution is -0.123. The molecule has 0 spiro atoms. The van der Waals surface area contributed by atoms with Crippen LogP contribution in [0.3, 0.4) is 0 Å². The Balaban J connectivity index is 1.99. The maximum absolute atomic E-state index is 12.6. The summed E-state index contributed by atoms with van der Waals surface area (Å²) >= 11 is 0. The van der Waals surface area contributed by atoms with Crippen LogP contribution in [0, 0.1) is 0 Å². The van der Waals surface area contributed by atoms with Crippen molar-refractivity contribution in [1.82, 2.24) is 10.7 Å². The molecule has 0 heterocycles. The Morgan fingerprint density at radius 2 is 1.57 bits per heavy atom. The lowest BCUT2D eigenvalue weighted by atomic mass is 10.2. The Labute approximate surface area is 206 Å². The molecular formula is C24H32N4O6S. The van der Waals surface area contributed by atoms with Crippen LogP contribution in [-0.4, -0.2) is 58.0 Å². The van der Waals surface area contributed by atoms with E-state index in [2.05, 4.69) is 15.8 Å². The molecular weight excluding hydrogens is 472 g/mol. The average Bonchev–Trinajstić information content (AvgIpc) is 2.78. The number of nitrogens with one attached hydrogen (secondary N) is 2. The third kappa shape index (κ3) is 8.93. The van der Waals surface area contributed by atoms with Crippen LogP contribution in [-0.2, 0) is 19.6 Å². The maximum Gasteiger partial charge on any atom is 0.263 e. The highest BCUT2D eigenvalue weighted by Gasteiger charge is 2.29. The Hall–Kier alpha value is -3.60. The van der Waals surface area contributed by atoms with Crippen molar-refractivity contribution in [2.24, 2.45) is 5.10 Å². The first-order chi connectivity index (χ1) is 16.5. The van der Waals surface area contributed by atoms with Gasteiger partial charge in [-0.25, -0.2) is 13.8 Å². The highest BCUT2D eigenvalue weighted by atomic mass is 32.2. The van der Waals surface area contributed by atoms with Gasteiger partial charge in [0.1, 0.15) is 17.5 Å². The number of hydrogen-bond acceptors (Lipinski definition) is 7. The van der Waals surface area contributed by atoms with E-state index < -0.39 is 22.0 Å². The molecule has 0 aliphatic rings. The van der Waals surface area contributed by atoms with E-state index in [1.54, 1.807) is 48.5 Å². The smallest absolute Gasteiger partial charge is 0.263 e. The molecule has 0 aliphatic carbocycles. The monoisotopic (exact) mass is 504 g/mol. The van der Waals surface area contributed by atoms with E-state index in [-0.39, 0.29) is 18.6 Å². The number of anilines is 1. The van der Waals surface area contributed by atoms with E-state index in [1.165, 1.54) is 13.1 Å². The average molecular weight is 505 g/mol. The Kier molecular flexibility index (Phi) is 10.1. The molecule has 11 heteroatoms. The van der Waals surface area contributed by atoms with Gasteiger partial charge >= 0.3 is 0 Å². The summed E-state index contributed by atoms with van der Waals surface area (Å²) in [5.41, 5.74) is 3.38. The van der Waals surface area contributed by atoms with E-state index in [1.807, 2.05) is 20.8 Å². The van der Waals surface area contributed by atoms with Crippen LogP contribution in [0.2, 0.25) is 0 Å². The summed E-state index contributed by atoms with van der Waals surface area (Å²) in [6, 6.07) is 12.2. The fourth-order valence-corrected chi connectivity index (χ4v) is 4.27. The number of hydrazone groups is 1. The van der Waals surface area contributed by atoms with Gasteiger partial charge in [-0.2, -0.15) is 5.10 Å². The van der Waals surface area contributed by atoms with E-state index in [9.17, 15) is 18.0 Å². The van der Waals surface area contributed by atoms with Gasteiger partial charge < -0.3 is 14.8 Å². The minimum Gasteiger partial charge on any atom is -0.494 e. The summed E-state index contributed by atoms with van der Waals surface area (Å²) in [7, 11) is -3.75. The number of nitrogens with zero attached hydrogens (tertiary/aromatic N) is 2. The first kappa shape index (κ1) is 27.6. The number of amides is 2. The van der Waals surface area contributed by atoms with Crippen molar-refractivity contribution in [2.75, 3.05) is 23.8 Å². The summed E-state index contributed by atoms with van der Waals surface area (Å²) in [6.45, 7) is 7.45. The largest absolute Gasteiger partial charge is 0.494 e. The molecule has 0 radical (unpaired) electrons. The fourth-order valence-electron chi connectivity index (χ4n) is 3.09. The highest BCUT2D eigenvalue weighted by molar-refractivity contribution is 7.92. The second kappa shape index (κ2) is 12.7. The van der Waals surface area contributed by atoms with Crippen molar-refractivity contribution < 1.29 is 27.5 Å². The molecule has 10 nitrogen and oxygen atoms in total. The van der Waals surface area contributed by atoms with E-state index >= 15 is 0 Å². The Morgan fingerprint density at radius 1 is 1.00 bits per heavy atom. The van der Waals surface area contributed by atoms with Gasteiger partial charge in [-0.3, -0.25) is 13.9 Å². The van der Waals surface area contributed by atoms with Gasteiger partial charge in [0.25, 0.3) is 11.8 Å². The third-order valence-electron chi connectivity index (χ3n) is 4.58. The molecule has 0 bridgehead atoms. The SMILES string of the molecule is CCOc1ccc(N([C@@H](C)C(=O)N/N=C\c2ccc(OCC(=O)NC(C)C)cc2)S(C)(=O)=O)cc1. The molecule has 1 atom stereocenters. The molecule has 2 amide bonds. The number of ether oxygens (including phenoxy) is 2. The lowest BCUT2D eigenvalue weighted by Gasteiger charge is -2.27. The topological polar surface area (TPSA) is 126 Å². The summed E-state index contributed by atoms with van der Waals surface area (Å²) in [5, 5.41) is 6.66. The minimum atomic E-state index is -3.75. The molecule has 0 aliphatic heterocycles. The van der Waals surface area contributed by atoms with Gasteiger partial charge in [-0.05, 0) is 81.8 Å². The third-order valence-corrected chi connectivity index (χ3v) is 5.82. The zero-order chi connectivity index (χ0) is 26.0. The van der Waals surface area contributed by atoms with Gasteiger partial charge in [-0.15, -0.1) is 0 Å². The van der Waals surface area contributed by atoms with E-state index in [4.69, 9.17) is 9.47 Å². The van der Waals surface area contributed by atoms with Gasteiger partial charge in [0.15, 0.2) is 6.61 Å². The minimum absolute atomic E-state index is 0.0353. The standard InChI is InChI=1S/C24H32N4O6S/c1-6-33-21-13-9-20(10-14-21)28(35(5,31)32)18(4)24(30)27-25-15-19-7-11-22(12-8-19)34-16-23(29)26-17(2)3/h7-15,17-18H,6,16H2,1-5H3,(H,26,29)(H,27,30)/b25-15-/t18-/m0/s1. The molecule has 2 rings (SSSR count). The second-order valence-electron chi connectivity index (χ2n) is 7.98. The van der Waals surface area contributed by atoms with Crippen molar-refractivity contribution in [3.8, 4) is 11.5 Å². The van der Waals surface area contributed by atoms with Crippen LogP contribution in [0.1, 0.15) is 33.3 Å². The van der Waals surface area contributed by atoms with Crippen LogP contribution < -0.4 is 24.5 Å². The second-order valence-corrected chi connectivity index (χ2v) is 9.84. The first-order valence-corrected chi connectivity index (χ1v) is 12.9. The molecule has 35 heavy (non-hydrogen) atoms. The predicted molar refractivity (Wildman–Crippen MR) is 135 cm³/mol. The molecule has 0 saturated carbocycles. The lowest BCUT2D eigenvalue weighted by Crippen LogP contribution is -2.46. The van der Waals surface area contributed by atoms with Crippen molar-refractivity contribution in [3.63, 3.8) is 0 Å². The van der Waals surface area contributed by atoms with Crippen LogP contribution in [0.4, 0.5) is 5.69 Å². The molecule has 0 unspecified atom stereocenters. The quantitative estimate of drug-likeness (QED) is 0.337. The Morgan fingerprint density at radius 3 is 2.11 bits per heavy atom. The number of sulfonamides is 1. The zero-order valence-corrected chi connectivity index (χ0v) is 21.3. The van der Waals surface area contributed by atoms with Crippen molar-refractivity contribution in [2.45, 2.75) is 39.8 Å². The number of carbonyl (C=O) groups excluding carboxylic acids is 2. The van der Waals surface area contributed by atoms with Crippen molar-refractivity contribution >= 4 is 33.7 Å². The van der Waals surface area contributed by atoms with Gasteiger partial charge in [0.2, 0.25) is 10.0 Å². The number of hydrogen-bond donors (Lipinski definition) is 2. The van der Waals surface area contributed by atoms with Crippen molar-refractivity contribution in [1.29, 1.82) is 0 Å². The molecule has 2 aromatic rings. The highest BCUT2D eigenvalue weighted by Crippen LogP contribution is 2.24. The molecule has 2 aromatic carbocycles. The number of carbonyl (C=O) groups is 2. The van der Waals surface area contributed by atoms with Gasteiger partial charge in [0.05, 0.1) is 24.8 Å². The number of benzene rings is 2.